The van der Waals surface area contributed by atoms with Crippen LogP contribution < -0.4 is 14.4 Å². The number of carbonyl (C=O) groups is 4. The zero-order chi connectivity index (χ0) is 43.7. The SMILES string of the molecule is CC(C)(C)c1ccc(Oc2cc3c4c(cc(Oc5ccc(C(C)(C)C)cc5)c5c6ccc(N7CCCC7)c7cccc(c2c45)c76)C(=O)N(N2C(=O)c4ccccc4C2=O)C3=O)cc1. The van der Waals surface area contributed by atoms with E-state index < -0.39 is 23.6 Å². The number of anilines is 1. The maximum absolute atomic E-state index is 15.1. The minimum absolute atomic E-state index is 0.0919. The largest absolute Gasteiger partial charge is 0.457 e. The average molecular weight is 832 g/mol. The lowest BCUT2D eigenvalue weighted by Crippen LogP contribution is -2.54. The van der Waals surface area contributed by atoms with E-state index >= 15 is 9.59 Å². The molecule has 0 radical (unpaired) electrons. The molecule has 0 atom stereocenters. The first-order chi connectivity index (χ1) is 30.2. The molecule has 0 bridgehead atoms. The number of benzene rings is 8. The summed E-state index contributed by atoms with van der Waals surface area (Å²) in [4.78, 5) is 60.7. The summed E-state index contributed by atoms with van der Waals surface area (Å²) in [6, 6.07) is 36.1. The molecule has 0 unspecified atom stereocenters. The van der Waals surface area contributed by atoms with Crippen molar-refractivity contribution >= 4 is 72.4 Å². The van der Waals surface area contributed by atoms with Crippen LogP contribution in [0.4, 0.5) is 5.69 Å². The molecule has 312 valence electrons. The molecule has 63 heavy (non-hydrogen) atoms. The number of ether oxygens (including phenoxy) is 2. The van der Waals surface area contributed by atoms with Crippen molar-refractivity contribution in [3.63, 3.8) is 0 Å². The van der Waals surface area contributed by atoms with E-state index in [0.717, 1.165) is 64.3 Å². The summed E-state index contributed by atoms with van der Waals surface area (Å²) in [6.45, 7) is 14.8. The molecule has 9 nitrogen and oxygen atoms in total. The average Bonchev–Trinajstić information content (AvgIpc) is 3.89. The molecule has 0 aromatic heterocycles. The third kappa shape index (κ3) is 5.82. The predicted octanol–water partition coefficient (Wildman–Crippen LogP) is 12.3. The molecule has 9 heteroatoms. The van der Waals surface area contributed by atoms with Crippen molar-refractivity contribution in [2.75, 3.05) is 18.0 Å². The van der Waals surface area contributed by atoms with Crippen molar-refractivity contribution in [2.24, 2.45) is 0 Å². The molecule has 0 spiro atoms. The Balaban J connectivity index is 1.23. The Kier molecular flexibility index (Phi) is 8.35. The normalized spacial score (nSPS) is 15.6. The van der Waals surface area contributed by atoms with Crippen molar-refractivity contribution < 1.29 is 28.7 Å². The number of hydrogen-bond donors (Lipinski definition) is 0. The fraction of sp³-hybridized carbons (Fsp3) is 0.222. The molecule has 11 rings (SSSR count). The topological polar surface area (TPSA) is 96.5 Å². The third-order valence-corrected chi connectivity index (χ3v) is 13.0. The highest BCUT2D eigenvalue weighted by atomic mass is 16.5. The van der Waals surface area contributed by atoms with Gasteiger partial charge in [0.2, 0.25) is 0 Å². The molecule has 3 aliphatic rings. The van der Waals surface area contributed by atoms with Gasteiger partial charge in [0.1, 0.15) is 23.0 Å². The summed E-state index contributed by atoms with van der Waals surface area (Å²) in [5, 5.41) is 7.68. The summed E-state index contributed by atoms with van der Waals surface area (Å²) in [6.07, 6.45) is 2.24. The highest BCUT2D eigenvalue weighted by Crippen LogP contribution is 2.53. The van der Waals surface area contributed by atoms with Crippen LogP contribution in [0.15, 0.2) is 115 Å². The van der Waals surface area contributed by atoms with Gasteiger partial charge in [-0.05, 0) is 106 Å². The Morgan fingerprint density at radius 1 is 0.429 bits per heavy atom. The van der Waals surface area contributed by atoms with Crippen LogP contribution in [0.5, 0.6) is 23.0 Å². The standard InChI is InChI=1S/C54H45N3O6/c1-53(2,3)30-16-20-32(21-17-30)62-42-28-39-45-40(52(61)57(51(39)60)56-49(58)34-12-7-8-13-35(34)50(56)59)29-43(63-33-22-18-31(19-23-33)54(4,5)6)47-38-24-25-41(55-26-9-10-27-55)36-14-11-15-37(44(36)38)46(42)48(45)47/h7-8,11-25,28-29H,9-10,26-27H2,1-6H3. The molecule has 1 saturated heterocycles. The van der Waals surface area contributed by atoms with E-state index in [0.29, 0.717) is 54.6 Å². The number of nitrogens with zero attached hydrogens (tertiary/aromatic N) is 3. The highest BCUT2D eigenvalue weighted by Gasteiger charge is 2.48. The molecule has 0 aliphatic carbocycles. The second-order valence-corrected chi connectivity index (χ2v) is 19.0. The van der Waals surface area contributed by atoms with Gasteiger partial charge in [-0.25, -0.2) is 0 Å². The van der Waals surface area contributed by atoms with Crippen LogP contribution in [-0.4, -0.2) is 46.7 Å². The van der Waals surface area contributed by atoms with E-state index in [2.05, 4.69) is 76.8 Å². The van der Waals surface area contributed by atoms with E-state index in [1.54, 1.807) is 24.3 Å². The van der Waals surface area contributed by atoms with Gasteiger partial charge in [0.05, 0.1) is 22.3 Å². The fourth-order valence-electron chi connectivity index (χ4n) is 9.82. The lowest BCUT2D eigenvalue weighted by molar-refractivity contribution is 0.00522. The van der Waals surface area contributed by atoms with Gasteiger partial charge in [-0.15, -0.1) is 0 Å². The van der Waals surface area contributed by atoms with Crippen molar-refractivity contribution in [3.8, 4) is 23.0 Å². The molecule has 0 saturated carbocycles. The van der Waals surface area contributed by atoms with Gasteiger partial charge in [-0.2, -0.15) is 10.0 Å². The van der Waals surface area contributed by atoms with Crippen LogP contribution in [-0.2, 0) is 10.8 Å². The maximum atomic E-state index is 15.1. The second kappa shape index (κ2) is 13.6. The number of amides is 4. The Morgan fingerprint density at radius 2 is 0.873 bits per heavy atom. The number of hydrazine groups is 1. The molecular formula is C54H45N3O6. The smallest absolute Gasteiger partial charge is 0.281 e. The van der Waals surface area contributed by atoms with Crippen molar-refractivity contribution in [2.45, 2.75) is 65.2 Å². The third-order valence-electron chi connectivity index (χ3n) is 13.0. The number of carbonyl (C=O) groups excluding carboxylic acids is 4. The first-order valence-electron chi connectivity index (χ1n) is 21.6. The Hall–Kier alpha value is -7.26. The first-order valence-corrected chi connectivity index (χ1v) is 21.6. The minimum Gasteiger partial charge on any atom is -0.457 e. The Labute approximate surface area is 364 Å². The van der Waals surface area contributed by atoms with Crippen LogP contribution in [0, 0.1) is 0 Å². The number of fused-ring (bicyclic) bond motifs is 3. The molecule has 0 N–H and O–H groups in total. The van der Waals surface area contributed by atoms with Gasteiger partial charge < -0.3 is 14.4 Å². The van der Waals surface area contributed by atoms with Crippen LogP contribution in [0.1, 0.15) is 107 Å². The summed E-state index contributed by atoms with van der Waals surface area (Å²) < 4.78 is 13.9. The molecule has 8 aromatic carbocycles. The second-order valence-electron chi connectivity index (χ2n) is 19.0. The number of imide groups is 2. The van der Waals surface area contributed by atoms with Gasteiger partial charge in [-0.1, -0.05) is 102 Å². The first kappa shape index (κ1) is 38.6. The molecule has 4 amide bonds. The van der Waals surface area contributed by atoms with E-state index in [1.807, 2.05) is 48.5 Å². The van der Waals surface area contributed by atoms with Gasteiger partial charge in [0.25, 0.3) is 23.6 Å². The minimum atomic E-state index is -0.813. The lowest BCUT2D eigenvalue weighted by Gasteiger charge is -2.33. The van der Waals surface area contributed by atoms with Crippen LogP contribution in [0.2, 0.25) is 0 Å². The fourth-order valence-corrected chi connectivity index (χ4v) is 9.82. The monoisotopic (exact) mass is 831 g/mol. The predicted molar refractivity (Wildman–Crippen MR) is 247 cm³/mol. The molecule has 3 aliphatic heterocycles. The zero-order valence-corrected chi connectivity index (χ0v) is 36.1. The quantitative estimate of drug-likeness (QED) is 0.0935. The summed E-state index contributed by atoms with van der Waals surface area (Å²) in [5.74, 6) is -1.26. The molecular weight excluding hydrogens is 787 g/mol. The van der Waals surface area contributed by atoms with E-state index in [9.17, 15) is 9.59 Å². The lowest BCUT2D eigenvalue weighted by atomic mass is 9.83. The summed E-state index contributed by atoms with van der Waals surface area (Å²) in [7, 11) is 0. The maximum Gasteiger partial charge on any atom is 0.281 e. The van der Waals surface area contributed by atoms with Gasteiger partial charge in [-0.3, -0.25) is 19.2 Å². The van der Waals surface area contributed by atoms with Crippen LogP contribution in [0.3, 0.4) is 0 Å². The highest BCUT2D eigenvalue weighted by molar-refractivity contribution is 6.41. The van der Waals surface area contributed by atoms with Gasteiger partial charge in [0.15, 0.2) is 0 Å². The van der Waals surface area contributed by atoms with E-state index in [4.69, 9.17) is 9.47 Å². The zero-order valence-electron chi connectivity index (χ0n) is 36.1. The van der Waals surface area contributed by atoms with E-state index in [-0.39, 0.29) is 33.1 Å². The molecule has 3 heterocycles. The molecule has 8 aromatic rings. The summed E-state index contributed by atoms with van der Waals surface area (Å²) >= 11 is 0. The van der Waals surface area contributed by atoms with E-state index in [1.165, 1.54) is 12.1 Å². The Bertz CT molecular complexity index is 3110. The Morgan fingerprint density at radius 3 is 1.35 bits per heavy atom. The summed E-state index contributed by atoms with van der Waals surface area (Å²) in [5.41, 5.74) is 3.69. The van der Waals surface area contributed by atoms with Gasteiger partial charge in [0, 0.05) is 45.7 Å². The van der Waals surface area contributed by atoms with Crippen molar-refractivity contribution in [3.05, 3.63) is 149 Å². The number of rotatable bonds is 6. The van der Waals surface area contributed by atoms with Gasteiger partial charge >= 0.3 is 0 Å². The van der Waals surface area contributed by atoms with Crippen molar-refractivity contribution in [1.82, 2.24) is 10.0 Å². The molecule has 1 fully saturated rings. The number of hydrogen-bond acceptors (Lipinski definition) is 7. The van der Waals surface area contributed by atoms with Crippen LogP contribution >= 0.6 is 0 Å². The van der Waals surface area contributed by atoms with Crippen LogP contribution in [0.25, 0.3) is 43.1 Å². The van der Waals surface area contributed by atoms with Crippen molar-refractivity contribution in [1.29, 1.82) is 0 Å².